The third kappa shape index (κ3) is 3.69. The Morgan fingerprint density at radius 1 is 1.32 bits per heavy atom. The molecule has 0 aliphatic heterocycles. The fourth-order valence-corrected chi connectivity index (χ4v) is 3.01. The zero-order valence-electron chi connectivity index (χ0n) is 12.6. The Bertz CT molecular complexity index is 605. The summed E-state index contributed by atoms with van der Waals surface area (Å²) < 4.78 is 1.61. The van der Waals surface area contributed by atoms with Gasteiger partial charge in [-0.3, -0.25) is 4.79 Å². The summed E-state index contributed by atoms with van der Waals surface area (Å²) in [6, 6.07) is 3.81. The van der Waals surface area contributed by atoms with Crippen LogP contribution in [0.4, 0.5) is 0 Å². The van der Waals surface area contributed by atoms with Gasteiger partial charge in [0.15, 0.2) is 5.82 Å². The topological polar surface area (TPSA) is 72.7 Å². The van der Waals surface area contributed by atoms with Gasteiger partial charge in [-0.05, 0) is 24.8 Å². The molecule has 0 bridgehead atoms. The van der Waals surface area contributed by atoms with E-state index in [1.807, 2.05) is 12.1 Å². The molecule has 1 aliphatic rings. The molecule has 0 aromatic carbocycles. The molecule has 0 spiro atoms. The van der Waals surface area contributed by atoms with Gasteiger partial charge in [-0.1, -0.05) is 25.3 Å². The molecule has 1 aliphatic carbocycles. The van der Waals surface area contributed by atoms with Crippen molar-refractivity contribution in [1.29, 1.82) is 0 Å². The molecule has 1 fully saturated rings. The zero-order chi connectivity index (χ0) is 15.2. The van der Waals surface area contributed by atoms with E-state index in [9.17, 15) is 4.79 Å². The van der Waals surface area contributed by atoms with Crippen LogP contribution in [-0.2, 0) is 11.3 Å². The smallest absolute Gasteiger partial charge is 0.220 e. The number of nitrogens with one attached hydrogen (secondary N) is 1. The highest BCUT2D eigenvalue weighted by atomic mass is 16.1. The lowest BCUT2D eigenvalue weighted by Crippen LogP contribution is -2.26. The molecule has 2 aromatic rings. The lowest BCUT2D eigenvalue weighted by molar-refractivity contribution is -0.122. The van der Waals surface area contributed by atoms with Gasteiger partial charge in [0, 0.05) is 24.7 Å². The van der Waals surface area contributed by atoms with Crippen LogP contribution in [0.15, 0.2) is 31.0 Å². The second-order valence-corrected chi connectivity index (χ2v) is 5.81. The van der Waals surface area contributed by atoms with Crippen LogP contribution in [0.3, 0.4) is 0 Å². The van der Waals surface area contributed by atoms with E-state index in [-0.39, 0.29) is 5.91 Å². The molecule has 1 amide bonds. The Labute approximate surface area is 130 Å². The molecule has 6 heteroatoms. The highest BCUT2D eigenvalue weighted by molar-refractivity contribution is 5.76. The predicted octanol–water partition coefficient (Wildman–Crippen LogP) is 2.25. The fourth-order valence-electron chi connectivity index (χ4n) is 3.01. The van der Waals surface area contributed by atoms with Gasteiger partial charge < -0.3 is 5.32 Å². The number of pyridine rings is 1. The summed E-state index contributed by atoms with van der Waals surface area (Å²) >= 11 is 0. The third-order valence-corrected chi connectivity index (χ3v) is 4.18. The van der Waals surface area contributed by atoms with Crippen LogP contribution in [0.5, 0.6) is 0 Å². The standard InChI is InChI=1S/C16H21N5O/c22-15(9-13-5-2-1-3-6-13)19-10-14-7-4-8-18-16(14)21-12-17-11-20-21/h4,7-8,11-13H,1-3,5-6,9-10H2,(H,19,22). The van der Waals surface area contributed by atoms with Gasteiger partial charge in [-0.15, -0.1) is 0 Å². The number of carbonyl (C=O) groups is 1. The van der Waals surface area contributed by atoms with E-state index in [2.05, 4.69) is 20.4 Å². The quantitative estimate of drug-likeness (QED) is 0.919. The number of rotatable bonds is 5. The van der Waals surface area contributed by atoms with Crippen LogP contribution in [0.25, 0.3) is 5.82 Å². The van der Waals surface area contributed by atoms with Gasteiger partial charge in [0.2, 0.25) is 5.91 Å². The molecule has 0 unspecified atom stereocenters. The molecule has 0 atom stereocenters. The summed E-state index contributed by atoms with van der Waals surface area (Å²) in [6.45, 7) is 0.467. The summed E-state index contributed by atoms with van der Waals surface area (Å²) in [4.78, 5) is 20.4. The maximum atomic E-state index is 12.1. The Hall–Kier alpha value is -2.24. The first-order valence-electron chi connectivity index (χ1n) is 7.88. The van der Waals surface area contributed by atoms with Crippen LogP contribution in [0.2, 0.25) is 0 Å². The first-order chi connectivity index (χ1) is 10.8. The van der Waals surface area contributed by atoms with Crippen molar-refractivity contribution in [2.75, 3.05) is 0 Å². The van der Waals surface area contributed by atoms with E-state index in [1.165, 1.54) is 38.4 Å². The summed E-state index contributed by atoms with van der Waals surface area (Å²) in [5.41, 5.74) is 0.935. The van der Waals surface area contributed by atoms with Crippen LogP contribution < -0.4 is 5.32 Å². The summed E-state index contributed by atoms with van der Waals surface area (Å²) in [7, 11) is 0. The maximum absolute atomic E-state index is 12.1. The van der Waals surface area contributed by atoms with Crippen LogP contribution in [0.1, 0.15) is 44.1 Å². The number of hydrogen-bond acceptors (Lipinski definition) is 4. The fraction of sp³-hybridized carbons (Fsp3) is 0.500. The number of amides is 1. The highest BCUT2D eigenvalue weighted by Gasteiger charge is 2.17. The molecule has 1 N–H and O–H groups in total. The zero-order valence-corrected chi connectivity index (χ0v) is 12.6. The normalized spacial score (nSPS) is 15.6. The Morgan fingerprint density at radius 3 is 2.95 bits per heavy atom. The minimum absolute atomic E-state index is 0.125. The summed E-state index contributed by atoms with van der Waals surface area (Å²) in [5.74, 6) is 1.38. The Kier molecular flexibility index (Phi) is 4.78. The van der Waals surface area contributed by atoms with Gasteiger partial charge in [-0.25, -0.2) is 14.6 Å². The summed E-state index contributed by atoms with van der Waals surface area (Å²) in [5, 5.41) is 7.11. The molecule has 0 radical (unpaired) electrons. The van der Waals surface area contributed by atoms with Crippen molar-refractivity contribution >= 4 is 5.91 Å². The van der Waals surface area contributed by atoms with E-state index in [0.29, 0.717) is 24.7 Å². The average molecular weight is 299 g/mol. The number of aromatic nitrogens is 4. The molecular formula is C16H21N5O. The van der Waals surface area contributed by atoms with Crippen molar-refractivity contribution < 1.29 is 4.79 Å². The van der Waals surface area contributed by atoms with E-state index >= 15 is 0 Å². The highest BCUT2D eigenvalue weighted by Crippen LogP contribution is 2.26. The number of carbonyl (C=O) groups excluding carboxylic acids is 1. The van der Waals surface area contributed by atoms with E-state index in [4.69, 9.17) is 0 Å². The third-order valence-electron chi connectivity index (χ3n) is 4.18. The molecule has 2 heterocycles. The largest absolute Gasteiger partial charge is 0.352 e. The molecule has 2 aromatic heterocycles. The molecule has 116 valence electrons. The number of nitrogens with zero attached hydrogens (tertiary/aromatic N) is 4. The molecule has 0 saturated heterocycles. The Balaban J connectivity index is 1.58. The summed E-state index contributed by atoms with van der Waals surface area (Å²) in [6.07, 6.45) is 11.6. The van der Waals surface area contributed by atoms with Crippen molar-refractivity contribution in [3.8, 4) is 5.82 Å². The van der Waals surface area contributed by atoms with Gasteiger partial charge in [0.1, 0.15) is 12.7 Å². The van der Waals surface area contributed by atoms with Crippen molar-refractivity contribution in [3.63, 3.8) is 0 Å². The molecule has 3 rings (SSSR count). The lowest BCUT2D eigenvalue weighted by atomic mass is 9.87. The van der Waals surface area contributed by atoms with Gasteiger partial charge in [0.25, 0.3) is 0 Å². The molecule has 1 saturated carbocycles. The van der Waals surface area contributed by atoms with Crippen molar-refractivity contribution in [2.45, 2.75) is 45.1 Å². The van der Waals surface area contributed by atoms with Gasteiger partial charge in [-0.2, -0.15) is 5.10 Å². The molecule has 6 nitrogen and oxygen atoms in total. The number of hydrogen-bond donors (Lipinski definition) is 1. The van der Waals surface area contributed by atoms with Crippen LogP contribution in [-0.4, -0.2) is 25.7 Å². The van der Waals surface area contributed by atoms with E-state index < -0.39 is 0 Å². The van der Waals surface area contributed by atoms with E-state index in [0.717, 1.165) is 5.56 Å². The first kappa shape index (κ1) is 14.7. The minimum Gasteiger partial charge on any atom is -0.352 e. The van der Waals surface area contributed by atoms with Crippen LogP contribution >= 0.6 is 0 Å². The van der Waals surface area contributed by atoms with Gasteiger partial charge in [0.05, 0.1) is 0 Å². The molecular weight excluding hydrogens is 278 g/mol. The lowest BCUT2D eigenvalue weighted by Gasteiger charge is -2.20. The maximum Gasteiger partial charge on any atom is 0.220 e. The second kappa shape index (κ2) is 7.15. The van der Waals surface area contributed by atoms with Crippen molar-refractivity contribution in [3.05, 3.63) is 36.5 Å². The van der Waals surface area contributed by atoms with Crippen molar-refractivity contribution in [2.24, 2.45) is 5.92 Å². The Morgan fingerprint density at radius 2 is 2.18 bits per heavy atom. The second-order valence-electron chi connectivity index (χ2n) is 5.81. The van der Waals surface area contributed by atoms with E-state index in [1.54, 1.807) is 17.2 Å². The first-order valence-corrected chi connectivity index (χ1v) is 7.88. The predicted molar refractivity (Wildman–Crippen MR) is 82.2 cm³/mol. The van der Waals surface area contributed by atoms with Gasteiger partial charge >= 0.3 is 0 Å². The molecule has 22 heavy (non-hydrogen) atoms. The SMILES string of the molecule is O=C(CC1CCCCC1)NCc1cccnc1-n1cncn1. The minimum atomic E-state index is 0.125. The van der Waals surface area contributed by atoms with Crippen molar-refractivity contribution in [1.82, 2.24) is 25.1 Å². The average Bonchev–Trinajstić information content (AvgIpc) is 3.08. The van der Waals surface area contributed by atoms with Crippen LogP contribution in [0, 0.1) is 5.92 Å². The monoisotopic (exact) mass is 299 g/mol.